The van der Waals surface area contributed by atoms with Crippen LogP contribution in [0.15, 0.2) is 47.4 Å². The Morgan fingerprint density at radius 2 is 1.63 bits per heavy atom. The van der Waals surface area contributed by atoms with Gasteiger partial charge in [-0.25, -0.2) is 0 Å². The molecule has 0 saturated carbocycles. The molecule has 1 aromatic heterocycles. The summed E-state index contributed by atoms with van der Waals surface area (Å²) < 4.78 is 1.32. The summed E-state index contributed by atoms with van der Waals surface area (Å²) in [6.45, 7) is 2.70. The minimum atomic E-state index is -0.284. The molecule has 7 nitrogen and oxygen atoms in total. The molecule has 0 radical (unpaired) electrons. The molecule has 0 unspecified atom stereocenters. The lowest BCUT2D eigenvalue weighted by atomic mass is 10.1. The molecule has 2 aromatic rings. The number of pyridine rings is 1. The van der Waals surface area contributed by atoms with E-state index in [1.54, 1.807) is 4.90 Å². The van der Waals surface area contributed by atoms with Crippen molar-refractivity contribution >= 4 is 11.8 Å². The number of hydrogen-bond acceptors (Lipinski definition) is 4. The maximum Gasteiger partial charge on any atom is 0.253 e. The van der Waals surface area contributed by atoms with Gasteiger partial charge in [0.1, 0.15) is 6.54 Å². The molecule has 0 atom stereocenters. The van der Waals surface area contributed by atoms with Gasteiger partial charge in [-0.05, 0) is 50.6 Å². The van der Waals surface area contributed by atoms with Crippen LogP contribution >= 0.6 is 0 Å². The summed E-state index contributed by atoms with van der Waals surface area (Å²) in [6.07, 6.45) is 4.61. The highest BCUT2D eigenvalue weighted by molar-refractivity contribution is 5.93. The van der Waals surface area contributed by atoms with Crippen molar-refractivity contribution in [2.75, 3.05) is 27.2 Å². The second-order valence-corrected chi connectivity index (χ2v) is 8.06. The van der Waals surface area contributed by atoms with Gasteiger partial charge >= 0.3 is 0 Å². The number of piperidine rings is 1. The highest BCUT2D eigenvalue weighted by Crippen LogP contribution is 2.10. The molecule has 7 heteroatoms. The van der Waals surface area contributed by atoms with Crippen molar-refractivity contribution in [2.24, 2.45) is 0 Å². The number of benzene rings is 1. The zero-order valence-electron chi connectivity index (χ0n) is 17.8. The minimum Gasteiger partial charge on any atom is -0.348 e. The van der Waals surface area contributed by atoms with Gasteiger partial charge in [0.2, 0.25) is 5.91 Å². The minimum absolute atomic E-state index is 0.0344. The largest absolute Gasteiger partial charge is 0.348 e. The van der Waals surface area contributed by atoms with E-state index in [1.807, 2.05) is 38.4 Å². The number of nitrogens with zero attached hydrogens (tertiary/aromatic N) is 3. The van der Waals surface area contributed by atoms with E-state index in [1.165, 1.54) is 28.5 Å². The van der Waals surface area contributed by atoms with E-state index in [9.17, 15) is 14.4 Å². The summed E-state index contributed by atoms with van der Waals surface area (Å²) in [5, 5.41) is 2.88. The van der Waals surface area contributed by atoms with Crippen molar-refractivity contribution in [3.05, 3.63) is 69.6 Å². The third-order valence-electron chi connectivity index (χ3n) is 5.23. The average molecular weight is 411 g/mol. The molecular formula is C23H30N4O3. The third kappa shape index (κ3) is 6.03. The molecule has 0 spiro atoms. The maximum atomic E-state index is 12.6. The van der Waals surface area contributed by atoms with Crippen molar-refractivity contribution in [1.82, 2.24) is 19.7 Å². The van der Waals surface area contributed by atoms with Gasteiger partial charge in [0.05, 0.1) is 5.56 Å². The fourth-order valence-corrected chi connectivity index (χ4v) is 3.59. The van der Waals surface area contributed by atoms with E-state index in [-0.39, 0.29) is 23.9 Å². The van der Waals surface area contributed by atoms with Gasteiger partial charge in [0.25, 0.3) is 11.5 Å². The zero-order valence-corrected chi connectivity index (χ0v) is 17.8. The summed E-state index contributed by atoms with van der Waals surface area (Å²) >= 11 is 0. The molecule has 160 valence electrons. The van der Waals surface area contributed by atoms with Gasteiger partial charge in [-0.2, -0.15) is 0 Å². The number of amides is 2. The van der Waals surface area contributed by atoms with Crippen molar-refractivity contribution in [2.45, 2.75) is 38.9 Å². The highest BCUT2D eigenvalue weighted by Gasteiger charge is 2.17. The number of carbonyl (C=O) groups is 2. The van der Waals surface area contributed by atoms with Crippen LogP contribution < -0.4 is 10.9 Å². The number of likely N-dealkylation sites (tertiary alicyclic amines) is 1. The normalized spacial score (nSPS) is 14.0. The lowest BCUT2D eigenvalue weighted by Gasteiger charge is -2.27. The maximum absolute atomic E-state index is 12.6. The van der Waals surface area contributed by atoms with E-state index >= 15 is 0 Å². The van der Waals surface area contributed by atoms with Crippen LogP contribution in [0.4, 0.5) is 0 Å². The molecule has 0 bridgehead atoms. The molecular weight excluding hydrogens is 380 g/mol. The van der Waals surface area contributed by atoms with Crippen LogP contribution in [0.25, 0.3) is 0 Å². The van der Waals surface area contributed by atoms with Crippen molar-refractivity contribution in [1.29, 1.82) is 0 Å². The Bertz CT molecular complexity index is 928. The molecule has 1 N–H and O–H groups in total. The van der Waals surface area contributed by atoms with E-state index in [2.05, 4.69) is 10.2 Å². The fourth-order valence-electron chi connectivity index (χ4n) is 3.59. The third-order valence-corrected chi connectivity index (χ3v) is 5.23. The fraction of sp³-hybridized carbons (Fsp3) is 0.435. The van der Waals surface area contributed by atoms with Crippen LogP contribution in [0.2, 0.25) is 0 Å². The van der Waals surface area contributed by atoms with E-state index in [4.69, 9.17) is 0 Å². The van der Waals surface area contributed by atoms with Crippen LogP contribution in [-0.2, 0) is 24.4 Å². The van der Waals surface area contributed by atoms with Crippen LogP contribution in [0.1, 0.15) is 40.7 Å². The summed E-state index contributed by atoms with van der Waals surface area (Å²) in [5.41, 5.74) is 2.29. The van der Waals surface area contributed by atoms with Crippen LogP contribution in [-0.4, -0.2) is 53.4 Å². The smallest absolute Gasteiger partial charge is 0.253 e. The zero-order chi connectivity index (χ0) is 21.5. The van der Waals surface area contributed by atoms with Gasteiger partial charge in [-0.1, -0.05) is 24.3 Å². The van der Waals surface area contributed by atoms with Crippen molar-refractivity contribution < 1.29 is 9.59 Å². The quantitative estimate of drug-likeness (QED) is 0.756. The van der Waals surface area contributed by atoms with Crippen LogP contribution in [0, 0.1) is 0 Å². The first-order valence-electron chi connectivity index (χ1n) is 10.4. The molecule has 1 fully saturated rings. The Balaban J connectivity index is 1.60. The molecule has 2 amide bonds. The monoisotopic (exact) mass is 410 g/mol. The van der Waals surface area contributed by atoms with Crippen molar-refractivity contribution in [3.8, 4) is 0 Å². The summed E-state index contributed by atoms with van der Waals surface area (Å²) in [5.74, 6) is -0.348. The summed E-state index contributed by atoms with van der Waals surface area (Å²) in [7, 11) is 4.04. The second-order valence-electron chi connectivity index (χ2n) is 8.06. The molecule has 30 heavy (non-hydrogen) atoms. The Morgan fingerprint density at radius 1 is 0.967 bits per heavy atom. The summed E-state index contributed by atoms with van der Waals surface area (Å²) in [6, 6.07) is 10.9. The molecule has 1 aliphatic heterocycles. The average Bonchev–Trinajstić information content (AvgIpc) is 2.74. The van der Waals surface area contributed by atoms with Crippen LogP contribution in [0.5, 0.6) is 0 Å². The number of carbonyl (C=O) groups excluding carboxylic acids is 2. The molecule has 0 aliphatic carbocycles. The highest BCUT2D eigenvalue weighted by atomic mass is 16.2. The van der Waals surface area contributed by atoms with Gasteiger partial charge in [0.15, 0.2) is 0 Å². The Kier molecular flexibility index (Phi) is 7.41. The molecule has 1 aromatic carbocycles. The van der Waals surface area contributed by atoms with Gasteiger partial charge in [0, 0.05) is 38.4 Å². The van der Waals surface area contributed by atoms with E-state index in [0.29, 0.717) is 12.1 Å². The Morgan fingerprint density at radius 3 is 2.30 bits per heavy atom. The molecule has 3 rings (SSSR count). The predicted octanol–water partition coefficient (Wildman–Crippen LogP) is 1.85. The SMILES string of the molecule is CN(C)Cc1ccc(CNC(=O)c2ccc(=O)n(CC(=O)N3CCCCC3)c2)cc1. The lowest BCUT2D eigenvalue weighted by Crippen LogP contribution is -2.39. The number of nitrogens with one attached hydrogen (secondary N) is 1. The number of rotatable bonds is 7. The first-order valence-corrected chi connectivity index (χ1v) is 10.4. The van der Waals surface area contributed by atoms with Crippen molar-refractivity contribution in [3.63, 3.8) is 0 Å². The van der Waals surface area contributed by atoms with Gasteiger partial charge in [-0.15, -0.1) is 0 Å². The molecule has 1 saturated heterocycles. The number of hydrogen-bond donors (Lipinski definition) is 1. The van der Waals surface area contributed by atoms with Crippen LogP contribution in [0.3, 0.4) is 0 Å². The summed E-state index contributed by atoms with van der Waals surface area (Å²) in [4.78, 5) is 41.1. The van der Waals surface area contributed by atoms with E-state index in [0.717, 1.165) is 44.5 Å². The first kappa shape index (κ1) is 21.8. The Hall–Kier alpha value is -2.93. The molecule has 1 aliphatic rings. The van der Waals surface area contributed by atoms with Gasteiger partial charge in [-0.3, -0.25) is 14.4 Å². The Labute approximate surface area is 177 Å². The first-order chi connectivity index (χ1) is 14.4. The number of aromatic nitrogens is 1. The predicted molar refractivity (Wildman–Crippen MR) is 116 cm³/mol. The molecule has 2 heterocycles. The lowest BCUT2D eigenvalue weighted by molar-refractivity contribution is -0.132. The second kappa shape index (κ2) is 10.2. The van der Waals surface area contributed by atoms with E-state index < -0.39 is 0 Å². The topological polar surface area (TPSA) is 74.6 Å². The van der Waals surface area contributed by atoms with Gasteiger partial charge < -0.3 is 19.7 Å². The standard InChI is InChI=1S/C23H30N4O3/c1-25(2)15-19-8-6-18(7-9-19)14-24-23(30)20-10-11-21(28)27(16-20)17-22(29)26-12-4-3-5-13-26/h6-11,16H,3-5,12-15,17H2,1-2H3,(H,24,30).